The predicted octanol–water partition coefficient (Wildman–Crippen LogP) is 3.60. The number of pyridine rings is 1. The summed E-state index contributed by atoms with van der Waals surface area (Å²) < 4.78 is 19.8. The third-order valence-corrected chi connectivity index (χ3v) is 3.87. The number of amides is 3. The molecule has 29 heavy (non-hydrogen) atoms. The molecule has 2 aromatic heterocycles. The van der Waals surface area contributed by atoms with Crippen LogP contribution in [0.25, 0.3) is 0 Å². The van der Waals surface area contributed by atoms with Crippen LogP contribution >= 0.6 is 0 Å². The van der Waals surface area contributed by atoms with E-state index in [1.54, 1.807) is 6.07 Å². The Morgan fingerprint density at radius 3 is 2.55 bits per heavy atom. The number of nitrogens with two attached hydrogens (primary N) is 1. The van der Waals surface area contributed by atoms with E-state index in [-0.39, 0.29) is 28.8 Å². The van der Waals surface area contributed by atoms with E-state index >= 15 is 0 Å². The molecule has 0 spiro atoms. The summed E-state index contributed by atoms with van der Waals surface area (Å²) in [6.45, 7) is 3.97. The first-order valence-corrected chi connectivity index (χ1v) is 8.68. The second-order valence-electron chi connectivity index (χ2n) is 6.43. The zero-order chi connectivity index (χ0) is 21.0. The third-order valence-electron chi connectivity index (χ3n) is 3.87. The van der Waals surface area contributed by atoms with Gasteiger partial charge in [0.1, 0.15) is 23.0 Å². The van der Waals surface area contributed by atoms with E-state index < -0.39 is 17.8 Å². The van der Waals surface area contributed by atoms with Crippen molar-refractivity contribution in [2.75, 3.05) is 10.6 Å². The molecule has 3 rings (SSSR count). The number of nitrogens with zero attached hydrogens (tertiary/aromatic N) is 2. The number of hydrogen-bond acceptors (Lipinski definition) is 5. The number of aromatic amines is 1. The number of anilines is 2. The van der Waals surface area contributed by atoms with Crippen LogP contribution < -0.4 is 21.1 Å². The van der Waals surface area contributed by atoms with Crippen molar-refractivity contribution < 1.29 is 18.7 Å². The highest BCUT2D eigenvalue weighted by molar-refractivity contribution is 5.99. The van der Waals surface area contributed by atoms with Gasteiger partial charge in [0.05, 0.1) is 5.69 Å². The maximum atomic E-state index is 14.3. The summed E-state index contributed by atoms with van der Waals surface area (Å²) in [5, 5.41) is 11.7. The van der Waals surface area contributed by atoms with Crippen LogP contribution in [0.2, 0.25) is 0 Å². The van der Waals surface area contributed by atoms with Gasteiger partial charge in [-0.15, -0.1) is 0 Å². The number of carbonyl (C=O) groups excluding carboxylic acids is 2. The molecule has 5 N–H and O–H groups in total. The van der Waals surface area contributed by atoms with Gasteiger partial charge in [-0.2, -0.15) is 5.10 Å². The maximum Gasteiger partial charge on any atom is 0.324 e. The minimum absolute atomic E-state index is 0.0249. The summed E-state index contributed by atoms with van der Waals surface area (Å²) in [5.41, 5.74) is 6.02. The van der Waals surface area contributed by atoms with E-state index in [1.165, 1.54) is 30.5 Å². The molecule has 0 saturated carbocycles. The Kier molecular flexibility index (Phi) is 5.72. The van der Waals surface area contributed by atoms with E-state index in [4.69, 9.17) is 10.5 Å². The van der Waals surface area contributed by atoms with Crippen LogP contribution in [-0.2, 0) is 0 Å². The Balaban J connectivity index is 1.65. The fourth-order valence-electron chi connectivity index (χ4n) is 2.37. The molecule has 0 radical (unpaired) electrons. The summed E-state index contributed by atoms with van der Waals surface area (Å²) in [7, 11) is 0. The first-order chi connectivity index (χ1) is 13.8. The zero-order valence-corrected chi connectivity index (χ0v) is 15.7. The quantitative estimate of drug-likeness (QED) is 0.503. The number of halogens is 1. The first kappa shape index (κ1) is 19.8. The summed E-state index contributed by atoms with van der Waals surface area (Å²) in [6.07, 6.45) is 1.35. The second kappa shape index (κ2) is 8.38. The Labute approximate surface area is 165 Å². The number of ether oxygens (including phenoxy) is 1. The number of benzene rings is 1. The highest BCUT2D eigenvalue weighted by Crippen LogP contribution is 2.26. The van der Waals surface area contributed by atoms with Gasteiger partial charge in [-0.3, -0.25) is 20.2 Å². The smallest absolute Gasteiger partial charge is 0.324 e. The van der Waals surface area contributed by atoms with E-state index in [2.05, 4.69) is 25.8 Å². The van der Waals surface area contributed by atoms with Crippen LogP contribution in [0.3, 0.4) is 0 Å². The lowest BCUT2D eigenvalue weighted by Crippen LogP contribution is -2.20. The Bertz CT molecular complexity index is 1050. The van der Waals surface area contributed by atoms with Crippen molar-refractivity contribution in [2.24, 2.45) is 5.73 Å². The average molecular weight is 398 g/mol. The molecule has 1 aromatic carbocycles. The Hall–Kier alpha value is -3.95. The van der Waals surface area contributed by atoms with Crippen molar-refractivity contribution in [3.05, 3.63) is 59.8 Å². The molecule has 9 nitrogen and oxygen atoms in total. The molecule has 2 heterocycles. The highest BCUT2D eigenvalue weighted by Gasteiger charge is 2.12. The van der Waals surface area contributed by atoms with Gasteiger partial charge in [0.15, 0.2) is 5.82 Å². The number of nitrogens with one attached hydrogen (secondary N) is 3. The van der Waals surface area contributed by atoms with Gasteiger partial charge in [0.2, 0.25) is 0 Å². The van der Waals surface area contributed by atoms with Gasteiger partial charge in [-0.25, -0.2) is 9.18 Å². The van der Waals surface area contributed by atoms with Crippen LogP contribution in [0, 0.1) is 5.82 Å². The van der Waals surface area contributed by atoms with Crippen molar-refractivity contribution in [3.63, 3.8) is 0 Å². The first-order valence-electron chi connectivity index (χ1n) is 8.68. The van der Waals surface area contributed by atoms with Crippen LogP contribution in [0.1, 0.15) is 35.9 Å². The van der Waals surface area contributed by atoms with Gasteiger partial charge in [0, 0.05) is 30.1 Å². The summed E-state index contributed by atoms with van der Waals surface area (Å²) >= 11 is 0. The maximum absolute atomic E-state index is 14.3. The van der Waals surface area contributed by atoms with Crippen LogP contribution in [0.4, 0.5) is 20.7 Å². The Morgan fingerprint density at radius 2 is 1.90 bits per heavy atom. The number of urea groups is 1. The van der Waals surface area contributed by atoms with Gasteiger partial charge in [0.25, 0.3) is 5.91 Å². The molecule has 150 valence electrons. The lowest BCUT2D eigenvalue weighted by Gasteiger charge is -2.10. The largest absolute Gasteiger partial charge is 0.457 e. The van der Waals surface area contributed by atoms with Gasteiger partial charge in [-0.1, -0.05) is 13.8 Å². The summed E-state index contributed by atoms with van der Waals surface area (Å²) in [4.78, 5) is 27.0. The molecule has 0 aliphatic rings. The number of aromatic nitrogens is 3. The minimum Gasteiger partial charge on any atom is -0.457 e. The van der Waals surface area contributed by atoms with Crippen LogP contribution in [0.5, 0.6) is 11.5 Å². The highest BCUT2D eigenvalue weighted by atomic mass is 19.1. The molecule has 0 aliphatic heterocycles. The van der Waals surface area contributed by atoms with Gasteiger partial charge >= 0.3 is 6.03 Å². The van der Waals surface area contributed by atoms with E-state index in [0.29, 0.717) is 5.82 Å². The minimum atomic E-state index is -0.704. The number of carbonyl (C=O) groups is 2. The molecule has 10 heteroatoms. The zero-order valence-electron chi connectivity index (χ0n) is 15.7. The predicted molar refractivity (Wildman–Crippen MR) is 105 cm³/mol. The standard InChI is InChI=1S/C19H19FN6O3/c1-10(2)15-9-17(26-25-15)24-19(28)23-14-4-3-11(7-13(14)20)29-12-5-6-22-16(8-12)18(21)27/h3-10H,1-2H3,(H2,21,27)(H3,23,24,25,26,28). The van der Waals surface area contributed by atoms with Gasteiger partial charge in [-0.05, 0) is 24.1 Å². The SMILES string of the molecule is CC(C)c1cc(NC(=O)Nc2ccc(Oc3ccnc(C(N)=O)c3)cc2F)n[nH]1. The van der Waals surface area contributed by atoms with Crippen molar-refractivity contribution >= 4 is 23.4 Å². The number of H-pyrrole nitrogens is 1. The molecular weight excluding hydrogens is 379 g/mol. The molecule has 3 amide bonds. The van der Waals surface area contributed by atoms with Crippen molar-refractivity contribution in [3.8, 4) is 11.5 Å². The monoisotopic (exact) mass is 398 g/mol. The number of hydrogen-bond donors (Lipinski definition) is 4. The van der Waals surface area contributed by atoms with Crippen molar-refractivity contribution in [1.29, 1.82) is 0 Å². The normalized spacial score (nSPS) is 10.6. The molecule has 0 saturated heterocycles. The van der Waals surface area contributed by atoms with Crippen molar-refractivity contribution in [1.82, 2.24) is 15.2 Å². The topological polar surface area (TPSA) is 135 Å². The van der Waals surface area contributed by atoms with E-state index in [1.807, 2.05) is 13.8 Å². The molecular formula is C19H19FN6O3. The van der Waals surface area contributed by atoms with E-state index in [9.17, 15) is 14.0 Å². The van der Waals surface area contributed by atoms with Crippen LogP contribution in [0.15, 0.2) is 42.6 Å². The molecule has 0 atom stereocenters. The number of rotatable bonds is 6. The molecule has 0 bridgehead atoms. The molecule has 0 aliphatic carbocycles. The van der Waals surface area contributed by atoms with Crippen molar-refractivity contribution in [2.45, 2.75) is 19.8 Å². The lowest BCUT2D eigenvalue weighted by molar-refractivity contribution is 0.0995. The molecule has 3 aromatic rings. The summed E-state index contributed by atoms with van der Waals surface area (Å²) in [6, 6.07) is 7.82. The van der Waals surface area contributed by atoms with E-state index in [0.717, 1.165) is 11.8 Å². The van der Waals surface area contributed by atoms with Crippen LogP contribution in [-0.4, -0.2) is 27.1 Å². The fourth-order valence-corrected chi connectivity index (χ4v) is 2.37. The molecule has 0 fully saturated rings. The fraction of sp³-hybridized carbons (Fsp3) is 0.158. The molecule has 0 unspecified atom stereocenters. The Morgan fingerprint density at radius 1 is 1.14 bits per heavy atom. The lowest BCUT2D eigenvalue weighted by atomic mass is 10.1. The second-order valence-corrected chi connectivity index (χ2v) is 6.43. The summed E-state index contributed by atoms with van der Waals surface area (Å²) in [5.74, 6) is -0.411. The van der Waals surface area contributed by atoms with Gasteiger partial charge < -0.3 is 15.8 Å². The average Bonchev–Trinajstić information content (AvgIpc) is 3.13. The number of primary amides is 1. The third kappa shape index (κ3) is 5.06.